The van der Waals surface area contributed by atoms with Gasteiger partial charge in [0.1, 0.15) is 13.2 Å². The molecule has 1 atom stereocenters. The summed E-state index contributed by atoms with van der Waals surface area (Å²) in [4.78, 5) is 37.9. The molecule has 0 radical (unpaired) electrons. The van der Waals surface area contributed by atoms with E-state index in [1.807, 2.05) is 72.9 Å². The number of allylic oxidation sites excluding steroid dienone is 30. The summed E-state index contributed by atoms with van der Waals surface area (Å²) in [5.41, 5.74) is 0. The van der Waals surface area contributed by atoms with Crippen LogP contribution in [-0.4, -0.2) is 37.2 Å². The first-order chi connectivity index (χ1) is 33.0. The molecule has 1 unspecified atom stereocenters. The molecule has 0 saturated heterocycles. The second-order valence-corrected chi connectivity index (χ2v) is 15.8. The van der Waals surface area contributed by atoms with Gasteiger partial charge in [0.2, 0.25) is 0 Å². The van der Waals surface area contributed by atoms with Gasteiger partial charge >= 0.3 is 17.9 Å². The van der Waals surface area contributed by atoms with Gasteiger partial charge in [-0.3, -0.25) is 14.4 Å². The Bertz CT molecular complexity index is 1670. The van der Waals surface area contributed by atoms with Crippen LogP contribution in [0, 0.1) is 0 Å². The van der Waals surface area contributed by atoms with Crippen molar-refractivity contribution in [3.8, 4) is 0 Å². The Morgan fingerprint density at radius 2 is 0.627 bits per heavy atom. The standard InChI is InChI=1S/C61H88O6/c1-4-7-10-13-16-19-22-24-26-28-30-32-34-36-39-42-45-48-51-54-60(63)66-57-58(56-65-59(62)53-50-47-44-41-38-21-18-15-12-9-6-3)67-61(64)55-52-49-46-43-40-37-35-33-31-29-27-25-23-20-17-14-11-8-5-2/h7-13,16-22,24-28,30-34,36-37,39-41,44,58H,4-6,14-15,23,29,35,38,42-43,45-57H2,1-3H3/b10-7-,11-8-,12-9-,16-13-,20-17-,21-18-,22-19-,26-24-,27-25-,30-28+,33-31-,34-32-,39-36-,40-37-,44-41-. The van der Waals surface area contributed by atoms with Crippen molar-refractivity contribution in [1.29, 1.82) is 0 Å². The zero-order chi connectivity index (χ0) is 48.6. The van der Waals surface area contributed by atoms with Crippen LogP contribution in [0.2, 0.25) is 0 Å². The first-order valence-electron chi connectivity index (χ1n) is 25.4. The molecule has 0 spiro atoms. The molecule has 0 aliphatic heterocycles. The number of carbonyl (C=O) groups excluding carboxylic acids is 3. The molecule has 6 heteroatoms. The van der Waals surface area contributed by atoms with Gasteiger partial charge < -0.3 is 14.2 Å². The van der Waals surface area contributed by atoms with Crippen LogP contribution in [-0.2, 0) is 28.6 Å². The number of rotatable bonds is 42. The van der Waals surface area contributed by atoms with E-state index in [4.69, 9.17) is 14.2 Å². The van der Waals surface area contributed by atoms with Crippen LogP contribution in [0.15, 0.2) is 182 Å². The van der Waals surface area contributed by atoms with Gasteiger partial charge in [-0.1, -0.05) is 216 Å². The maximum atomic E-state index is 12.8. The summed E-state index contributed by atoms with van der Waals surface area (Å²) >= 11 is 0. The molecule has 0 fully saturated rings. The lowest BCUT2D eigenvalue weighted by atomic mass is 10.1. The van der Waals surface area contributed by atoms with Crippen LogP contribution >= 0.6 is 0 Å². The van der Waals surface area contributed by atoms with Crippen LogP contribution in [0.3, 0.4) is 0 Å². The van der Waals surface area contributed by atoms with E-state index in [0.29, 0.717) is 19.3 Å². The molecule has 0 heterocycles. The van der Waals surface area contributed by atoms with Crippen LogP contribution < -0.4 is 0 Å². The second kappa shape index (κ2) is 53.1. The molecule has 0 saturated carbocycles. The number of hydrogen-bond acceptors (Lipinski definition) is 6. The fraction of sp³-hybridized carbons (Fsp3) is 0.459. The van der Waals surface area contributed by atoms with Crippen LogP contribution in [0.25, 0.3) is 0 Å². The molecular weight excluding hydrogens is 829 g/mol. The van der Waals surface area contributed by atoms with E-state index in [1.165, 1.54) is 0 Å². The van der Waals surface area contributed by atoms with E-state index >= 15 is 0 Å². The summed E-state index contributed by atoms with van der Waals surface area (Å²) in [6, 6.07) is 0. The molecule has 0 rings (SSSR count). The van der Waals surface area contributed by atoms with Crippen LogP contribution in [0.1, 0.15) is 162 Å². The van der Waals surface area contributed by atoms with Gasteiger partial charge in [0.25, 0.3) is 0 Å². The van der Waals surface area contributed by atoms with Crippen molar-refractivity contribution in [3.05, 3.63) is 182 Å². The zero-order valence-corrected chi connectivity index (χ0v) is 41.8. The largest absolute Gasteiger partial charge is 0.462 e. The van der Waals surface area contributed by atoms with Crippen molar-refractivity contribution in [3.63, 3.8) is 0 Å². The van der Waals surface area contributed by atoms with Crippen LogP contribution in [0.4, 0.5) is 0 Å². The molecule has 0 aliphatic rings. The molecule has 368 valence electrons. The van der Waals surface area contributed by atoms with Crippen molar-refractivity contribution in [2.45, 2.75) is 168 Å². The highest BCUT2D eigenvalue weighted by Gasteiger charge is 2.19. The molecule has 0 amide bonds. The number of ether oxygens (including phenoxy) is 3. The lowest BCUT2D eigenvalue weighted by Gasteiger charge is -2.18. The Kier molecular flexibility index (Phi) is 48.8. The summed E-state index contributed by atoms with van der Waals surface area (Å²) in [5, 5.41) is 0. The zero-order valence-electron chi connectivity index (χ0n) is 41.8. The van der Waals surface area contributed by atoms with Gasteiger partial charge in [0, 0.05) is 19.3 Å². The average molecular weight is 917 g/mol. The van der Waals surface area contributed by atoms with E-state index in [2.05, 4.69) is 130 Å². The highest BCUT2D eigenvalue weighted by molar-refractivity contribution is 5.71. The number of esters is 3. The quantitative estimate of drug-likeness (QED) is 0.0200. The molecular formula is C61H88O6. The summed E-state index contributed by atoms with van der Waals surface area (Å²) in [7, 11) is 0. The predicted octanol–water partition coefficient (Wildman–Crippen LogP) is 17.0. The van der Waals surface area contributed by atoms with Crippen LogP contribution in [0.5, 0.6) is 0 Å². The molecule has 0 aromatic rings. The van der Waals surface area contributed by atoms with Crippen molar-refractivity contribution in [1.82, 2.24) is 0 Å². The van der Waals surface area contributed by atoms with Crippen molar-refractivity contribution >= 4 is 17.9 Å². The Morgan fingerprint density at radius 1 is 0.313 bits per heavy atom. The van der Waals surface area contributed by atoms with E-state index in [0.717, 1.165) is 103 Å². The van der Waals surface area contributed by atoms with Gasteiger partial charge in [0.05, 0.1) is 0 Å². The summed E-state index contributed by atoms with van der Waals surface area (Å²) in [6.07, 6.45) is 80.2. The minimum absolute atomic E-state index is 0.142. The third kappa shape index (κ3) is 51.4. The molecule has 0 aromatic heterocycles. The van der Waals surface area contributed by atoms with Gasteiger partial charge in [-0.2, -0.15) is 0 Å². The van der Waals surface area contributed by atoms with Crippen molar-refractivity contribution in [2.24, 2.45) is 0 Å². The van der Waals surface area contributed by atoms with Gasteiger partial charge in [-0.25, -0.2) is 0 Å². The fourth-order valence-electron chi connectivity index (χ4n) is 5.88. The van der Waals surface area contributed by atoms with Gasteiger partial charge in [0.15, 0.2) is 6.10 Å². The first kappa shape index (κ1) is 61.5. The Morgan fingerprint density at radius 3 is 1.04 bits per heavy atom. The number of unbranched alkanes of at least 4 members (excludes halogenated alkanes) is 7. The minimum Gasteiger partial charge on any atom is -0.462 e. The lowest BCUT2D eigenvalue weighted by molar-refractivity contribution is -0.167. The predicted molar refractivity (Wildman–Crippen MR) is 287 cm³/mol. The molecule has 67 heavy (non-hydrogen) atoms. The van der Waals surface area contributed by atoms with E-state index in [9.17, 15) is 14.4 Å². The normalized spacial score (nSPS) is 13.7. The maximum absolute atomic E-state index is 12.8. The first-order valence-corrected chi connectivity index (χ1v) is 25.4. The molecule has 0 N–H and O–H groups in total. The smallest absolute Gasteiger partial charge is 0.306 e. The Hall–Kier alpha value is -5.49. The maximum Gasteiger partial charge on any atom is 0.306 e. The minimum atomic E-state index is -0.846. The topological polar surface area (TPSA) is 78.9 Å². The molecule has 0 bridgehead atoms. The molecule has 0 aliphatic carbocycles. The molecule has 0 aromatic carbocycles. The number of hydrogen-bond donors (Lipinski definition) is 0. The number of carbonyl (C=O) groups is 3. The Labute approximate surface area is 408 Å². The Balaban J connectivity index is 4.63. The van der Waals surface area contributed by atoms with Crippen molar-refractivity contribution in [2.75, 3.05) is 13.2 Å². The van der Waals surface area contributed by atoms with E-state index < -0.39 is 6.10 Å². The fourth-order valence-corrected chi connectivity index (χ4v) is 5.88. The SMILES string of the molecule is CC\C=C/C=C\C=C/C=C\C=C\C=C/C=C\CCCCCC(=O)OCC(COC(=O)CCC/C=C\C/C=C\C/C=C\CC)OC(=O)CCCCC/C=C\C/C=C\C/C=C\C/C=C\C/C=C\CC. The monoisotopic (exact) mass is 917 g/mol. The summed E-state index contributed by atoms with van der Waals surface area (Å²) in [6.45, 7) is 6.10. The second-order valence-electron chi connectivity index (χ2n) is 15.8. The molecule has 6 nitrogen and oxygen atoms in total. The van der Waals surface area contributed by atoms with E-state index in [1.54, 1.807) is 0 Å². The van der Waals surface area contributed by atoms with E-state index in [-0.39, 0.29) is 50.4 Å². The third-order valence-electron chi connectivity index (χ3n) is 9.58. The summed E-state index contributed by atoms with van der Waals surface area (Å²) in [5.74, 6) is -1.09. The summed E-state index contributed by atoms with van der Waals surface area (Å²) < 4.78 is 16.7. The highest BCUT2D eigenvalue weighted by Crippen LogP contribution is 2.10. The van der Waals surface area contributed by atoms with Gasteiger partial charge in [-0.15, -0.1) is 0 Å². The average Bonchev–Trinajstić information content (AvgIpc) is 3.33. The van der Waals surface area contributed by atoms with Crippen molar-refractivity contribution < 1.29 is 28.6 Å². The lowest BCUT2D eigenvalue weighted by Crippen LogP contribution is -2.30. The highest BCUT2D eigenvalue weighted by atomic mass is 16.6. The third-order valence-corrected chi connectivity index (χ3v) is 9.58. The van der Waals surface area contributed by atoms with Gasteiger partial charge in [-0.05, 0) is 109 Å².